The first-order valence-corrected chi connectivity index (χ1v) is 4.88. The number of hydrogen-bond donors (Lipinski definition) is 0. The van der Waals surface area contributed by atoms with E-state index in [1.807, 2.05) is 0 Å². The summed E-state index contributed by atoms with van der Waals surface area (Å²) in [5.74, 6) is 0.473. The van der Waals surface area contributed by atoms with Gasteiger partial charge in [0.05, 0.1) is 6.61 Å². The summed E-state index contributed by atoms with van der Waals surface area (Å²) in [7, 11) is 0. The van der Waals surface area contributed by atoms with Crippen LogP contribution in [0.5, 0.6) is 0 Å². The van der Waals surface area contributed by atoms with Crippen LogP contribution in [-0.2, 0) is 9.53 Å². The number of hydrogen-bond acceptors (Lipinski definition) is 2. The molecule has 1 unspecified atom stereocenters. The maximum absolute atomic E-state index is 10.3. The van der Waals surface area contributed by atoms with Crippen LogP contribution in [0.1, 0.15) is 20.3 Å². The number of carbonyl (C=O) groups is 1. The summed E-state index contributed by atoms with van der Waals surface area (Å²) in [6.07, 6.45) is 0.975. The largest absolute Gasteiger partial charge is 0.466 e. The highest BCUT2D eigenvalue weighted by Crippen LogP contribution is 2.05. The minimum absolute atomic E-state index is 0.180. The second-order valence-corrected chi connectivity index (χ2v) is 3.27. The highest BCUT2D eigenvalue weighted by Gasteiger charge is 1.99. The van der Waals surface area contributed by atoms with Gasteiger partial charge in [-0.15, -0.1) is 0 Å². The van der Waals surface area contributed by atoms with Gasteiger partial charge in [0.25, 0.3) is 0 Å². The zero-order chi connectivity index (χ0) is 7.98. The molecule has 0 saturated carbocycles. The van der Waals surface area contributed by atoms with Crippen molar-refractivity contribution in [2.45, 2.75) is 20.3 Å². The number of alkyl halides is 1. The molecule has 60 valence electrons. The summed E-state index contributed by atoms with van der Waals surface area (Å²) >= 11 is 2.33. The molecule has 0 radical (unpaired) electrons. The molecule has 2 nitrogen and oxygen atoms in total. The Morgan fingerprint density at radius 3 is 2.70 bits per heavy atom. The molecule has 0 spiro atoms. The average Bonchev–Trinajstić information content (AvgIpc) is 1.87. The summed E-state index contributed by atoms with van der Waals surface area (Å²) in [5, 5.41) is 0. The Hall–Kier alpha value is 0.200. The molecule has 0 N–H and O–H groups in total. The van der Waals surface area contributed by atoms with E-state index < -0.39 is 0 Å². The van der Waals surface area contributed by atoms with Crippen LogP contribution in [0, 0.1) is 5.92 Å². The molecule has 0 bridgehead atoms. The van der Waals surface area contributed by atoms with Crippen LogP contribution in [0.3, 0.4) is 0 Å². The minimum atomic E-state index is -0.180. The first-order valence-electron chi connectivity index (χ1n) is 3.36. The van der Waals surface area contributed by atoms with E-state index >= 15 is 0 Å². The van der Waals surface area contributed by atoms with Gasteiger partial charge in [0.15, 0.2) is 0 Å². The van der Waals surface area contributed by atoms with Crippen LogP contribution < -0.4 is 0 Å². The monoisotopic (exact) mass is 256 g/mol. The fourth-order valence-electron chi connectivity index (χ4n) is 0.481. The average molecular weight is 256 g/mol. The molecule has 0 heterocycles. The van der Waals surface area contributed by atoms with Crippen LogP contribution in [0.25, 0.3) is 0 Å². The molecule has 3 heteroatoms. The molecule has 0 aliphatic rings. The van der Waals surface area contributed by atoms with Gasteiger partial charge in [-0.3, -0.25) is 4.79 Å². The van der Waals surface area contributed by atoms with Gasteiger partial charge >= 0.3 is 5.97 Å². The third-order valence-electron chi connectivity index (χ3n) is 1.18. The maximum Gasteiger partial charge on any atom is 0.302 e. The van der Waals surface area contributed by atoms with Gasteiger partial charge in [0, 0.05) is 11.4 Å². The quantitative estimate of drug-likeness (QED) is 0.437. The van der Waals surface area contributed by atoms with Crippen molar-refractivity contribution >= 4 is 28.6 Å². The Morgan fingerprint density at radius 2 is 2.30 bits per heavy atom. The third-order valence-corrected chi connectivity index (χ3v) is 2.68. The molecule has 0 fully saturated rings. The van der Waals surface area contributed by atoms with Crippen molar-refractivity contribution in [3.63, 3.8) is 0 Å². The Kier molecular flexibility index (Phi) is 6.06. The molecule has 0 amide bonds. The highest BCUT2D eigenvalue weighted by molar-refractivity contribution is 14.1. The first kappa shape index (κ1) is 10.2. The molecule has 0 aromatic heterocycles. The zero-order valence-electron chi connectivity index (χ0n) is 6.39. The lowest BCUT2D eigenvalue weighted by Gasteiger charge is -2.05. The van der Waals surface area contributed by atoms with Crippen molar-refractivity contribution < 1.29 is 9.53 Å². The van der Waals surface area contributed by atoms with Crippen LogP contribution >= 0.6 is 22.6 Å². The second-order valence-electron chi connectivity index (χ2n) is 2.39. The molecule has 0 aliphatic heterocycles. The summed E-state index contributed by atoms with van der Waals surface area (Å²) in [6.45, 7) is 4.16. The van der Waals surface area contributed by atoms with E-state index in [1.54, 1.807) is 0 Å². The molecule has 0 rings (SSSR count). The van der Waals surface area contributed by atoms with E-state index in [-0.39, 0.29) is 5.97 Å². The molecule has 0 saturated heterocycles. The van der Waals surface area contributed by atoms with Gasteiger partial charge in [-0.2, -0.15) is 0 Å². The first-order chi connectivity index (χ1) is 4.66. The third kappa shape index (κ3) is 6.32. The SMILES string of the molecule is CC(=O)OCCC(C)CI. The van der Waals surface area contributed by atoms with E-state index in [1.165, 1.54) is 6.92 Å². The predicted octanol–water partition coefficient (Wildman–Crippen LogP) is 2.01. The minimum Gasteiger partial charge on any atom is -0.466 e. The topological polar surface area (TPSA) is 26.3 Å². The summed E-state index contributed by atoms with van der Waals surface area (Å²) in [4.78, 5) is 10.3. The Bertz CT molecular complexity index is 104. The van der Waals surface area contributed by atoms with E-state index in [2.05, 4.69) is 29.5 Å². The Balaban J connectivity index is 3.11. The van der Waals surface area contributed by atoms with Gasteiger partial charge in [-0.1, -0.05) is 29.5 Å². The van der Waals surface area contributed by atoms with Crippen molar-refractivity contribution in [1.29, 1.82) is 0 Å². The number of halogens is 1. The van der Waals surface area contributed by atoms with Crippen LogP contribution in [0.2, 0.25) is 0 Å². The molecule has 10 heavy (non-hydrogen) atoms. The second kappa shape index (κ2) is 5.95. The molecule has 0 aliphatic carbocycles. The lowest BCUT2D eigenvalue weighted by atomic mass is 10.1. The zero-order valence-corrected chi connectivity index (χ0v) is 8.55. The normalized spacial score (nSPS) is 12.7. The summed E-state index contributed by atoms with van der Waals surface area (Å²) < 4.78 is 5.90. The van der Waals surface area contributed by atoms with Crippen molar-refractivity contribution in [2.24, 2.45) is 5.92 Å². The Morgan fingerprint density at radius 1 is 1.70 bits per heavy atom. The molecular weight excluding hydrogens is 243 g/mol. The smallest absolute Gasteiger partial charge is 0.302 e. The lowest BCUT2D eigenvalue weighted by molar-refractivity contribution is -0.141. The molecular formula is C7H13IO2. The van der Waals surface area contributed by atoms with E-state index in [0.717, 1.165) is 10.8 Å². The van der Waals surface area contributed by atoms with Crippen molar-refractivity contribution in [3.8, 4) is 0 Å². The van der Waals surface area contributed by atoms with Crippen molar-refractivity contribution in [3.05, 3.63) is 0 Å². The van der Waals surface area contributed by atoms with Crippen molar-refractivity contribution in [1.82, 2.24) is 0 Å². The predicted molar refractivity (Wildman–Crippen MR) is 49.3 cm³/mol. The summed E-state index contributed by atoms with van der Waals surface area (Å²) in [5.41, 5.74) is 0. The lowest BCUT2D eigenvalue weighted by Crippen LogP contribution is -2.05. The number of ether oxygens (including phenoxy) is 1. The van der Waals surface area contributed by atoms with Crippen LogP contribution in [0.15, 0.2) is 0 Å². The highest BCUT2D eigenvalue weighted by atomic mass is 127. The van der Waals surface area contributed by atoms with Crippen LogP contribution in [-0.4, -0.2) is 17.0 Å². The molecule has 0 aromatic rings. The molecule has 0 aromatic carbocycles. The number of esters is 1. The van der Waals surface area contributed by atoms with E-state index in [9.17, 15) is 4.79 Å². The number of rotatable bonds is 4. The summed E-state index contributed by atoms with van der Waals surface area (Å²) in [6, 6.07) is 0. The van der Waals surface area contributed by atoms with E-state index in [0.29, 0.717) is 12.5 Å². The Labute approximate surface area is 75.5 Å². The van der Waals surface area contributed by atoms with Gasteiger partial charge in [-0.25, -0.2) is 0 Å². The fourth-order valence-corrected chi connectivity index (χ4v) is 0.921. The van der Waals surface area contributed by atoms with Gasteiger partial charge in [0.1, 0.15) is 0 Å². The van der Waals surface area contributed by atoms with Crippen LogP contribution in [0.4, 0.5) is 0 Å². The fraction of sp³-hybridized carbons (Fsp3) is 0.857. The van der Waals surface area contributed by atoms with Gasteiger partial charge < -0.3 is 4.74 Å². The van der Waals surface area contributed by atoms with Gasteiger partial charge in [0.2, 0.25) is 0 Å². The molecule has 1 atom stereocenters. The van der Waals surface area contributed by atoms with E-state index in [4.69, 9.17) is 4.74 Å². The van der Waals surface area contributed by atoms with Crippen molar-refractivity contribution in [2.75, 3.05) is 11.0 Å². The van der Waals surface area contributed by atoms with Gasteiger partial charge in [-0.05, 0) is 12.3 Å². The maximum atomic E-state index is 10.3. The number of carbonyl (C=O) groups excluding carboxylic acids is 1. The standard InChI is InChI=1S/C7H13IO2/c1-6(5-8)3-4-10-7(2)9/h6H,3-5H2,1-2H3.